The molecule has 0 amide bonds. The molecular formula is C10H21NOS. The first-order valence-electron chi connectivity index (χ1n) is 5.20. The van der Waals surface area contributed by atoms with Crippen LogP contribution in [0.5, 0.6) is 0 Å². The number of hydrogen-bond acceptors (Lipinski definition) is 2. The fourth-order valence-corrected chi connectivity index (χ4v) is 4.02. The molecule has 0 aliphatic heterocycles. The van der Waals surface area contributed by atoms with E-state index in [1.165, 1.54) is 6.42 Å². The third-order valence-electron chi connectivity index (χ3n) is 2.83. The summed E-state index contributed by atoms with van der Waals surface area (Å²) in [5, 5.41) is 0.419. The molecule has 13 heavy (non-hydrogen) atoms. The van der Waals surface area contributed by atoms with Crippen molar-refractivity contribution in [3.63, 3.8) is 0 Å². The molecule has 1 rings (SSSR count). The minimum atomic E-state index is -0.673. The Bertz CT molecular complexity index is 174. The Morgan fingerprint density at radius 3 is 2.23 bits per heavy atom. The van der Waals surface area contributed by atoms with Crippen molar-refractivity contribution in [3.8, 4) is 0 Å². The van der Waals surface area contributed by atoms with Gasteiger partial charge in [-0.2, -0.15) is 0 Å². The Morgan fingerprint density at radius 1 is 1.23 bits per heavy atom. The van der Waals surface area contributed by atoms with Crippen LogP contribution < -0.4 is 5.73 Å². The second kappa shape index (κ2) is 5.11. The Morgan fingerprint density at radius 2 is 1.77 bits per heavy atom. The largest absolute Gasteiger partial charge is 0.330 e. The van der Waals surface area contributed by atoms with Crippen LogP contribution in [0, 0.1) is 11.8 Å². The zero-order valence-electron chi connectivity index (χ0n) is 8.66. The maximum atomic E-state index is 11.7. The summed E-state index contributed by atoms with van der Waals surface area (Å²) < 4.78 is 11.7. The van der Waals surface area contributed by atoms with Crippen molar-refractivity contribution in [1.29, 1.82) is 0 Å². The van der Waals surface area contributed by atoms with Crippen LogP contribution in [-0.4, -0.2) is 21.8 Å². The maximum Gasteiger partial charge on any atom is 0.0360 e. The zero-order valence-corrected chi connectivity index (χ0v) is 9.48. The topological polar surface area (TPSA) is 43.1 Å². The first-order valence-corrected chi connectivity index (χ1v) is 6.59. The standard InChI is InChI=1S/C10H21NOS/c1-8-5-9(2)7-10(6-8)13(12)4-3-11/h8-10H,3-7,11H2,1-2H3. The molecule has 0 radical (unpaired) electrons. The van der Waals surface area contributed by atoms with Gasteiger partial charge in [0.1, 0.15) is 0 Å². The van der Waals surface area contributed by atoms with Crippen LogP contribution in [0.1, 0.15) is 33.1 Å². The van der Waals surface area contributed by atoms with E-state index in [2.05, 4.69) is 13.8 Å². The fraction of sp³-hybridized carbons (Fsp3) is 1.00. The molecule has 0 aromatic heterocycles. The van der Waals surface area contributed by atoms with E-state index < -0.39 is 10.8 Å². The van der Waals surface area contributed by atoms with Gasteiger partial charge in [-0.25, -0.2) is 0 Å². The molecule has 3 unspecified atom stereocenters. The molecule has 0 spiro atoms. The predicted molar refractivity (Wildman–Crippen MR) is 58.0 cm³/mol. The first kappa shape index (κ1) is 11.2. The van der Waals surface area contributed by atoms with Gasteiger partial charge < -0.3 is 5.73 Å². The summed E-state index contributed by atoms with van der Waals surface area (Å²) in [6.07, 6.45) is 3.57. The highest BCUT2D eigenvalue weighted by atomic mass is 32.2. The molecular weight excluding hydrogens is 182 g/mol. The van der Waals surface area contributed by atoms with Crippen molar-refractivity contribution < 1.29 is 4.21 Å². The van der Waals surface area contributed by atoms with E-state index in [4.69, 9.17) is 5.73 Å². The predicted octanol–water partition coefficient (Wildman–Crippen LogP) is 1.52. The molecule has 1 fully saturated rings. The molecule has 3 atom stereocenters. The second-order valence-electron chi connectivity index (χ2n) is 4.41. The highest BCUT2D eigenvalue weighted by Crippen LogP contribution is 2.31. The Labute approximate surface area is 83.7 Å². The van der Waals surface area contributed by atoms with Gasteiger partial charge in [-0.05, 0) is 31.1 Å². The van der Waals surface area contributed by atoms with Crippen LogP contribution in [-0.2, 0) is 10.8 Å². The van der Waals surface area contributed by atoms with E-state index in [1.807, 2.05) is 0 Å². The highest BCUT2D eigenvalue weighted by molar-refractivity contribution is 7.85. The van der Waals surface area contributed by atoms with Crippen LogP contribution >= 0.6 is 0 Å². The minimum absolute atomic E-state index is 0.419. The van der Waals surface area contributed by atoms with Gasteiger partial charge in [0.2, 0.25) is 0 Å². The van der Waals surface area contributed by atoms with E-state index in [0.717, 1.165) is 24.7 Å². The molecule has 2 N–H and O–H groups in total. The van der Waals surface area contributed by atoms with Crippen molar-refractivity contribution in [2.24, 2.45) is 17.6 Å². The molecule has 0 saturated heterocycles. The molecule has 1 saturated carbocycles. The highest BCUT2D eigenvalue weighted by Gasteiger charge is 2.27. The van der Waals surface area contributed by atoms with Gasteiger partial charge in [-0.1, -0.05) is 13.8 Å². The number of nitrogens with two attached hydrogens (primary N) is 1. The average Bonchev–Trinajstić information content (AvgIpc) is 2.03. The molecule has 0 aromatic rings. The lowest BCUT2D eigenvalue weighted by atomic mass is 9.83. The van der Waals surface area contributed by atoms with E-state index in [9.17, 15) is 4.21 Å². The normalized spacial score (nSPS) is 37.3. The van der Waals surface area contributed by atoms with Gasteiger partial charge in [-0.15, -0.1) is 0 Å². The monoisotopic (exact) mass is 203 g/mol. The maximum absolute atomic E-state index is 11.7. The molecule has 78 valence electrons. The average molecular weight is 203 g/mol. The smallest absolute Gasteiger partial charge is 0.0360 e. The van der Waals surface area contributed by atoms with Gasteiger partial charge in [0.15, 0.2) is 0 Å². The molecule has 1 aliphatic carbocycles. The van der Waals surface area contributed by atoms with Crippen molar-refractivity contribution in [2.75, 3.05) is 12.3 Å². The molecule has 2 nitrogen and oxygen atoms in total. The Hall–Kier alpha value is 0.110. The summed E-state index contributed by atoms with van der Waals surface area (Å²) in [5.41, 5.74) is 5.41. The van der Waals surface area contributed by atoms with Gasteiger partial charge in [-0.3, -0.25) is 4.21 Å². The van der Waals surface area contributed by atoms with E-state index in [1.54, 1.807) is 0 Å². The lowest BCUT2D eigenvalue weighted by molar-refractivity contribution is 0.305. The Balaban J connectivity index is 2.45. The first-order chi connectivity index (χ1) is 6.13. The summed E-state index contributed by atoms with van der Waals surface area (Å²) in [6, 6.07) is 0. The number of hydrogen-bond donors (Lipinski definition) is 1. The SMILES string of the molecule is CC1CC(C)CC(S(=O)CCN)C1. The zero-order chi connectivity index (χ0) is 9.84. The molecule has 1 aliphatic rings. The van der Waals surface area contributed by atoms with E-state index in [-0.39, 0.29) is 0 Å². The van der Waals surface area contributed by atoms with Crippen LogP contribution in [0.25, 0.3) is 0 Å². The van der Waals surface area contributed by atoms with Gasteiger partial charge in [0.25, 0.3) is 0 Å². The van der Waals surface area contributed by atoms with Crippen LogP contribution in [0.15, 0.2) is 0 Å². The quantitative estimate of drug-likeness (QED) is 0.755. The number of rotatable bonds is 3. The van der Waals surface area contributed by atoms with Crippen molar-refractivity contribution in [2.45, 2.75) is 38.4 Å². The van der Waals surface area contributed by atoms with Crippen LogP contribution in [0.2, 0.25) is 0 Å². The molecule has 3 heteroatoms. The third-order valence-corrected chi connectivity index (χ3v) is 4.59. The summed E-state index contributed by atoms with van der Waals surface area (Å²) in [6.45, 7) is 5.09. The fourth-order valence-electron chi connectivity index (χ4n) is 2.37. The summed E-state index contributed by atoms with van der Waals surface area (Å²) in [5.74, 6) is 2.18. The third kappa shape index (κ3) is 3.39. The van der Waals surface area contributed by atoms with Crippen molar-refractivity contribution >= 4 is 10.8 Å². The van der Waals surface area contributed by atoms with Crippen molar-refractivity contribution in [1.82, 2.24) is 0 Å². The van der Waals surface area contributed by atoms with E-state index >= 15 is 0 Å². The Kier molecular flexibility index (Phi) is 4.39. The van der Waals surface area contributed by atoms with Gasteiger partial charge in [0.05, 0.1) is 0 Å². The van der Waals surface area contributed by atoms with Crippen LogP contribution in [0.4, 0.5) is 0 Å². The van der Waals surface area contributed by atoms with Gasteiger partial charge in [0, 0.05) is 28.3 Å². The second-order valence-corrected chi connectivity index (χ2v) is 6.25. The summed E-state index contributed by atoms with van der Waals surface area (Å²) in [7, 11) is -0.673. The van der Waals surface area contributed by atoms with Crippen molar-refractivity contribution in [3.05, 3.63) is 0 Å². The van der Waals surface area contributed by atoms with Gasteiger partial charge >= 0.3 is 0 Å². The molecule has 0 aromatic carbocycles. The van der Waals surface area contributed by atoms with E-state index in [0.29, 0.717) is 17.5 Å². The minimum Gasteiger partial charge on any atom is -0.330 e. The molecule has 0 bridgehead atoms. The van der Waals surface area contributed by atoms with Crippen LogP contribution in [0.3, 0.4) is 0 Å². The summed E-state index contributed by atoms with van der Waals surface area (Å²) >= 11 is 0. The lowest BCUT2D eigenvalue weighted by Crippen LogP contribution is -2.30. The lowest BCUT2D eigenvalue weighted by Gasteiger charge is -2.30. The summed E-state index contributed by atoms with van der Waals surface area (Å²) in [4.78, 5) is 0. The molecule has 0 heterocycles.